The van der Waals surface area contributed by atoms with Crippen molar-refractivity contribution in [2.45, 2.75) is 51.9 Å². The molecular weight excluding hydrogens is 255 g/mol. The maximum Gasteiger partial charge on any atom is 0.146 e. The van der Waals surface area contributed by atoms with Crippen LogP contribution in [0.1, 0.15) is 46.2 Å². The van der Waals surface area contributed by atoms with Gasteiger partial charge in [-0.15, -0.1) is 0 Å². The second-order valence-electron chi connectivity index (χ2n) is 6.94. The molecule has 1 aromatic carbocycles. The van der Waals surface area contributed by atoms with Gasteiger partial charge in [-0.2, -0.15) is 0 Å². The molecule has 2 rings (SSSR count). The SMILES string of the molecule is C[C@@H](N)c1cccc(F)c1N1CC(C)(C)OC(C)(C)C1. The van der Waals surface area contributed by atoms with Crippen molar-refractivity contribution in [2.24, 2.45) is 5.73 Å². The Labute approximate surface area is 120 Å². The number of para-hydroxylation sites is 1. The number of benzene rings is 1. The van der Waals surface area contributed by atoms with Crippen molar-refractivity contribution in [1.82, 2.24) is 0 Å². The third-order valence-corrected chi connectivity index (χ3v) is 3.52. The molecule has 1 aromatic rings. The highest BCUT2D eigenvalue weighted by molar-refractivity contribution is 5.57. The number of morpholine rings is 1. The summed E-state index contributed by atoms with van der Waals surface area (Å²) >= 11 is 0. The molecule has 1 saturated heterocycles. The van der Waals surface area contributed by atoms with Gasteiger partial charge in [0.05, 0.1) is 16.9 Å². The summed E-state index contributed by atoms with van der Waals surface area (Å²) in [4.78, 5) is 2.07. The van der Waals surface area contributed by atoms with Crippen LogP contribution < -0.4 is 10.6 Å². The molecule has 1 aliphatic heterocycles. The van der Waals surface area contributed by atoms with E-state index in [2.05, 4.69) is 4.90 Å². The van der Waals surface area contributed by atoms with E-state index in [9.17, 15) is 4.39 Å². The molecule has 4 heteroatoms. The highest BCUT2D eigenvalue weighted by atomic mass is 19.1. The Balaban J connectivity index is 2.45. The zero-order valence-corrected chi connectivity index (χ0v) is 13.0. The number of rotatable bonds is 2. The second kappa shape index (κ2) is 5.01. The lowest BCUT2D eigenvalue weighted by atomic mass is 9.96. The van der Waals surface area contributed by atoms with Gasteiger partial charge in [-0.3, -0.25) is 0 Å². The topological polar surface area (TPSA) is 38.5 Å². The minimum absolute atomic E-state index is 0.199. The van der Waals surface area contributed by atoms with E-state index in [0.717, 1.165) is 5.56 Å². The summed E-state index contributed by atoms with van der Waals surface area (Å²) in [6.45, 7) is 11.3. The molecule has 0 amide bonds. The predicted octanol–water partition coefficient (Wildman–Crippen LogP) is 3.24. The smallest absolute Gasteiger partial charge is 0.146 e. The van der Waals surface area contributed by atoms with Crippen molar-refractivity contribution in [3.63, 3.8) is 0 Å². The van der Waals surface area contributed by atoms with Gasteiger partial charge in [0.15, 0.2) is 0 Å². The lowest BCUT2D eigenvalue weighted by Crippen LogP contribution is -2.57. The number of nitrogens with two attached hydrogens (primary N) is 1. The van der Waals surface area contributed by atoms with Crippen LogP contribution in [-0.2, 0) is 4.74 Å². The van der Waals surface area contributed by atoms with Crippen LogP contribution in [0, 0.1) is 5.82 Å². The van der Waals surface area contributed by atoms with Crippen LogP contribution in [-0.4, -0.2) is 24.3 Å². The summed E-state index contributed by atoms with van der Waals surface area (Å²) < 4.78 is 20.4. The standard InChI is InChI=1S/C16H25FN2O/c1-11(18)12-7-6-8-13(17)14(12)19-9-15(2,3)20-16(4,5)10-19/h6-8,11H,9-10,18H2,1-5H3/t11-/m1/s1. The first-order valence-electron chi connectivity index (χ1n) is 7.10. The first-order chi connectivity index (χ1) is 9.11. The number of hydrogen-bond acceptors (Lipinski definition) is 3. The molecule has 0 radical (unpaired) electrons. The van der Waals surface area contributed by atoms with Crippen molar-refractivity contribution >= 4 is 5.69 Å². The predicted molar refractivity (Wildman–Crippen MR) is 80.5 cm³/mol. The Bertz CT molecular complexity index is 481. The summed E-state index contributed by atoms with van der Waals surface area (Å²) in [6.07, 6.45) is 0. The van der Waals surface area contributed by atoms with Crippen LogP contribution in [0.2, 0.25) is 0 Å². The van der Waals surface area contributed by atoms with Crippen LogP contribution in [0.5, 0.6) is 0 Å². The lowest BCUT2D eigenvalue weighted by Gasteiger charge is -2.48. The van der Waals surface area contributed by atoms with Crippen LogP contribution in [0.3, 0.4) is 0 Å². The maximum absolute atomic E-state index is 14.4. The Morgan fingerprint density at radius 2 is 1.75 bits per heavy atom. The first kappa shape index (κ1) is 15.3. The largest absolute Gasteiger partial charge is 0.366 e. The fraction of sp³-hybridized carbons (Fsp3) is 0.625. The average Bonchev–Trinajstić information content (AvgIpc) is 2.23. The molecule has 0 aliphatic carbocycles. The molecule has 1 heterocycles. The van der Waals surface area contributed by atoms with Crippen LogP contribution in [0.4, 0.5) is 10.1 Å². The fourth-order valence-electron chi connectivity index (χ4n) is 3.18. The minimum atomic E-state index is -0.320. The van der Waals surface area contributed by atoms with Gasteiger partial charge < -0.3 is 15.4 Å². The van der Waals surface area contributed by atoms with Crippen LogP contribution in [0.15, 0.2) is 18.2 Å². The van der Waals surface area contributed by atoms with E-state index in [4.69, 9.17) is 10.5 Å². The van der Waals surface area contributed by atoms with Gasteiger partial charge in [-0.1, -0.05) is 12.1 Å². The number of anilines is 1. The molecular formula is C16H25FN2O. The summed E-state index contributed by atoms with van der Waals surface area (Å²) in [7, 11) is 0. The van der Waals surface area contributed by atoms with Gasteiger partial charge in [0, 0.05) is 19.1 Å². The molecule has 1 atom stereocenters. The zero-order chi connectivity index (χ0) is 15.1. The number of hydrogen-bond donors (Lipinski definition) is 1. The van der Waals surface area contributed by atoms with E-state index >= 15 is 0 Å². The highest BCUT2D eigenvalue weighted by Crippen LogP contribution is 2.35. The molecule has 0 aromatic heterocycles. The monoisotopic (exact) mass is 280 g/mol. The van der Waals surface area contributed by atoms with Crippen molar-refractivity contribution in [3.8, 4) is 0 Å². The minimum Gasteiger partial charge on any atom is -0.366 e. The number of nitrogens with zero attached hydrogens (tertiary/aromatic N) is 1. The van der Waals surface area contributed by atoms with Gasteiger partial charge in [0.25, 0.3) is 0 Å². The molecule has 1 fully saturated rings. The van der Waals surface area contributed by atoms with E-state index in [-0.39, 0.29) is 23.1 Å². The van der Waals surface area contributed by atoms with Crippen molar-refractivity contribution in [2.75, 3.05) is 18.0 Å². The van der Waals surface area contributed by atoms with Crippen LogP contribution in [0.25, 0.3) is 0 Å². The molecule has 0 saturated carbocycles. The third kappa shape index (κ3) is 3.13. The highest BCUT2D eigenvalue weighted by Gasteiger charge is 2.39. The van der Waals surface area contributed by atoms with Gasteiger partial charge in [0.1, 0.15) is 5.82 Å². The number of halogens is 1. The molecule has 1 aliphatic rings. The fourth-order valence-corrected chi connectivity index (χ4v) is 3.18. The molecule has 2 N–H and O–H groups in total. The quantitative estimate of drug-likeness (QED) is 0.904. The zero-order valence-electron chi connectivity index (χ0n) is 13.0. The van der Waals surface area contributed by atoms with Crippen molar-refractivity contribution < 1.29 is 9.13 Å². The summed E-state index contributed by atoms with van der Waals surface area (Å²) in [5, 5.41) is 0. The normalized spacial score (nSPS) is 22.6. The molecule has 0 bridgehead atoms. The van der Waals surface area contributed by atoms with Crippen LogP contribution >= 0.6 is 0 Å². The molecule has 3 nitrogen and oxygen atoms in total. The average molecular weight is 280 g/mol. The Kier molecular flexibility index (Phi) is 3.82. The van der Waals surface area contributed by atoms with E-state index < -0.39 is 0 Å². The molecule has 0 spiro atoms. The molecule has 112 valence electrons. The molecule has 0 unspecified atom stereocenters. The summed E-state index contributed by atoms with van der Waals surface area (Å²) in [5.41, 5.74) is 6.82. The van der Waals surface area contributed by atoms with Crippen molar-refractivity contribution in [3.05, 3.63) is 29.6 Å². The Morgan fingerprint density at radius 1 is 1.20 bits per heavy atom. The Hall–Kier alpha value is -1.13. The van der Waals surface area contributed by atoms with Crippen molar-refractivity contribution in [1.29, 1.82) is 0 Å². The number of ether oxygens (including phenoxy) is 1. The maximum atomic E-state index is 14.4. The van der Waals surface area contributed by atoms with Gasteiger partial charge >= 0.3 is 0 Å². The van der Waals surface area contributed by atoms with E-state index in [1.807, 2.05) is 40.7 Å². The Morgan fingerprint density at radius 3 is 2.25 bits per heavy atom. The van der Waals surface area contributed by atoms with E-state index in [0.29, 0.717) is 18.8 Å². The molecule has 20 heavy (non-hydrogen) atoms. The van der Waals surface area contributed by atoms with Gasteiger partial charge in [0.2, 0.25) is 0 Å². The summed E-state index contributed by atoms with van der Waals surface area (Å²) in [5.74, 6) is -0.215. The van der Waals surface area contributed by atoms with Gasteiger partial charge in [-0.25, -0.2) is 4.39 Å². The van der Waals surface area contributed by atoms with E-state index in [1.54, 1.807) is 6.07 Å². The summed E-state index contributed by atoms with van der Waals surface area (Å²) in [6, 6.07) is 4.92. The second-order valence-corrected chi connectivity index (χ2v) is 6.94. The lowest BCUT2D eigenvalue weighted by molar-refractivity contribution is -0.133. The first-order valence-corrected chi connectivity index (χ1v) is 7.10. The van der Waals surface area contributed by atoms with Gasteiger partial charge in [-0.05, 0) is 46.2 Å². The third-order valence-electron chi connectivity index (χ3n) is 3.52. The van der Waals surface area contributed by atoms with E-state index in [1.165, 1.54) is 6.07 Å².